The molecule has 0 saturated heterocycles. The number of nitrogens with zero attached hydrogens (tertiary/aromatic N) is 1. The van der Waals surface area contributed by atoms with Crippen LogP contribution in [0.3, 0.4) is 0 Å². The molecule has 14 heavy (non-hydrogen) atoms. The van der Waals surface area contributed by atoms with Gasteiger partial charge in [0.1, 0.15) is 12.0 Å². The molecule has 0 heterocycles. The molecule has 0 radical (unpaired) electrons. The Morgan fingerprint density at radius 1 is 1.64 bits per heavy atom. The van der Waals surface area contributed by atoms with Crippen LogP contribution < -0.4 is 0 Å². The number of allylic oxidation sites excluding steroid dienone is 3. The Hall–Kier alpha value is -1.27. The van der Waals surface area contributed by atoms with Crippen LogP contribution in [0.1, 0.15) is 13.3 Å². The lowest BCUT2D eigenvalue weighted by Crippen LogP contribution is -2.14. The molecule has 1 atom stereocenters. The summed E-state index contributed by atoms with van der Waals surface area (Å²) in [5.74, 6) is -0.539. The molecule has 0 fully saturated rings. The number of esters is 1. The maximum Gasteiger partial charge on any atom is 0.321 e. The SMILES string of the molecule is C[C@H](C/C=C/C=C/C#N)OC(=O)CCl. The van der Waals surface area contributed by atoms with Gasteiger partial charge in [0.25, 0.3) is 0 Å². The number of hydrogen-bond donors (Lipinski definition) is 0. The number of carbonyl (C=O) groups is 1. The zero-order valence-corrected chi connectivity index (χ0v) is 8.70. The van der Waals surface area contributed by atoms with E-state index in [2.05, 4.69) is 0 Å². The van der Waals surface area contributed by atoms with Crippen molar-refractivity contribution in [3.05, 3.63) is 24.3 Å². The van der Waals surface area contributed by atoms with Gasteiger partial charge < -0.3 is 4.74 Å². The molecule has 0 bridgehead atoms. The Bertz CT molecular complexity index is 266. The van der Waals surface area contributed by atoms with Crippen molar-refractivity contribution in [2.24, 2.45) is 0 Å². The normalized spacial score (nSPS) is 12.9. The van der Waals surface area contributed by atoms with Crippen molar-refractivity contribution in [2.45, 2.75) is 19.4 Å². The molecule has 0 aromatic carbocycles. The van der Waals surface area contributed by atoms with E-state index in [9.17, 15) is 4.79 Å². The van der Waals surface area contributed by atoms with Crippen molar-refractivity contribution in [3.63, 3.8) is 0 Å². The number of rotatable bonds is 5. The largest absolute Gasteiger partial charge is 0.461 e. The Kier molecular flexibility index (Phi) is 7.58. The summed E-state index contributed by atoms with van der Waals surface area (Å²) in [6.07, 6.45) is 6.96. The number of alkyl halides is 1. The molecule has 0 aliphatic carbocycles. The Labute approximate surface area is 88.6 Å². The molecule has 0 unspecified atom stereocenters. The maximum atomic E-state index is 10.7. The molecule has 0 amide bonds. The summed E-state index contributed by atoms with van der Waals surface area (Å²) in [6.45, 7) is 1.78. The molecule has 0 spiro atoms. The van der Waals surface area contributed by atoms with E-state index in [1.807, 2.05) is 12.1 Å². The van der Waals surface area contributed by atoms with E-state index in [1.54, 1.807) is 19.1 Å². The lowest BCUT2D eigenvalue weighted by molar-refractivity contribution is -0.144. The minimum atomic E-state index is -0.417. The van der Waals surface area contributed by atoms with E-state index in [0.29, 0.717) is 6.42 Å². The van der Waals surface area contributed by atoms with Crippen LogP contribution >= 0.6 is 11.6 Å². The quantitative estimate of drug-likeness (QED) is 0.304. The molecule has 0 saturated carbocycles. The number of ether oxygens (including phenoxy) is 1. The lowest BCUT2D eigenvalue weighted by atomic mass is 10.2. The highest BCUT2D eigenvalue weighted by Gasteiger charge is 2.05. The van der Waals surface area contributed by atoms with Crippen LogP contribution in [0, 0.1) is 11.3 Å². The predicted octanol–water partition coefficient (Wildman–Crippen LogP) is 2.18. The van der Waals surface area contributed by atoms with E-state index >= 15 is 0 Å². The second kappa shape index (κ2) is 8.33. The third kappa shape index (κ3) is 7.38. The fourth-order valence-corrected chi connectivity index (χ4v) is 0.814. The zero-order chi connectivity index (χ0) is 10.8. The average Bonchev–Trinajstić information content (AvgIpc) is 2.17. The van der Waals surface area contributed by atoms with Gasteiger partial charge in [-0.1, -0.05) is 18.2 Å². The van der Waals surface area contributed by atoms with E-state index in [4.69, 9.17) is 21.6 Å². The standard InChI is InChI=1S/C10H12ClNO2/c1-9(14-10(13)8-11)6-4-2-3-5-7-12/h2-5,9H,6,8H2,1H3/b4-2+,5-3+/t9-/m1/s1. The van der Waals surface area contributed by atoms with E-state index in [-0.39, 0.29) is 12.0 Å². The van der Waals surface area contributed by atoms with Crippen LogP contribution in [-0.2, 0) is 9.53 Å². The molecule has 4 heteroatoms. The van der Waals surface area contributed by atoms with Gasteiger partial charge in [-0.25, -0.2) is 0 Å². The minimum Gasteiger partial charge on any atom is -0.461 e. The van der Waals surface area contributed by atoms with Crippen LogP contribution in [0.2, 0.25) is 0 Å². The van der Waals surface area contributed by atoms with E-state index in [0.717, 1.165) is 0 Å². The summed E-state index contributed by atoms with van der Waals surface area (Å²) in [5.41, 5.74) is 0. The molecule has 0 aliphatic heterocycles. The van der Waals surface area contributed by atoms with Crippen molar-refractivity contribution in [1.82, 2.24) is 0 Å². The highest BCUT2D eigenvalue weighted by molar-refractivity contribution is 6.26. The van der Waals surface area contributed by atoms with Gasteiger partial charge >= 0.3 is 5.97 Å². The van der Waals surface area contributed by atoms with E-state index in [1.165, 1.54) is 6.08 Å². The Morgan fingerprint density at radius 3 is 2.93 bits per heavy atom. The van der Waals surface area contributed by atoms with Gasteiger partial charge in [0.2, 0.25) is 0 Å². The highest BCUT2D eigenvalue weighted by atomic mass is 35.5. The summed E-state index contributed by atoms with van der Waals surface area (Å²) < 4.78 is 4.89. The van der Waals surface area contributed by atoms with Gasteiger partial charge in [-0.05, 0) is 6.92 Å². The molecular weight excluding hydrogens is 202 g/mol. The minimum absolute atomic E-state index is 0.123. The summed E-state index contributed by atoms with van der Waals surface area (Å²) in [5, 5.41) is 8.17. The first-order chi connectivity index (χ1) is 6.70. The van der Waals surface area contributed by atoms with Crippen molar-refractivity contribution >= 4 is 17.6 Å². The summed E-state index contributed by atoms with van der Waals surface area (Å²) in [4.78, 5) is 10.7. The zero-order valence-electron chi connectivity index (χ0n) is 7.94. The van der Waals surface area contributed by atoms with Gasteiger partial charge in [0.15, 0.2) is 0 Å². The third-order valence-corrected chi connectivity index (χ3v) is 1.55. The van der Waals surface area contributed by atoms with Crippen LogP contribution in [0.15, 0.2) is 24.3 Å². The van der Waals surface area contributed by atoms with Crippen LogP contribution in [-0.4, -0.2) is 18.0 Å². The van der Waals surface area contributed by atoms with Crippen molar-refractivity contribution in [3.8, 4) is 6.07 Å². The number of carbonyl (C=O) groups excluding carboxylic acids is 1. The van der Waals surface area contributed by atoms with Gasteiger partial charge in [-0.15, -0.1) is 11.6 Å². The van der Waals surface area contributed by atoms with E-state index < -0.39 is 5.97 Å². The summed E-state index contributed by atoms with van der Waals surface area (Å²) >= 11 is 5.26. The lowest BCUT2D eigenvalue weighted by Gasteiger charge is -2.08. The molecular formula is C10H12ClNO2. The fraction of sp³-hybridized carbons (Fsp3) is 0.400. The molecule has 0 aromatic rings. The number of nitriles is 1. The molecule has 0 N–H and O–H groups in total. The third-order valence-electron chi connectivity index (χ3n) is 1.33. The number of halogens is 1. The second-order valence-corrected chi connectivity index (χ2v) is 2.85. The van der Waals surface area contributed by atoms with Crippen LogP contribution in [0.5, 0.6) is 0 Å². The maximum absolute atomic E-state index is 10.7. The van der Waals surface area contributed by atoms with Crippen molar-refractivity contribution < 1.29 is 9.53 Å². The monoisotopic (exact) mass is 213 g/mol. The molecule has 0 rings (SSSR count). The van der Waals surface area contributed by atoms with Crippen molar-refractivity contribution in [1.29, 1.82) is 5.26 Å². The summed E-state index contributed by atoms with van der Waals surface area (Å²) in [6, 6.07) is 1.86. The van der Waals surface area contributed by atoms with Crippen LogP contribution in [0.25, 0.3) is 0 Å². The molecule has 76 valence electrons. The first-order valence-corrected chi connectivity index (χ1v) is 4.71. The highest BCUT2D eigenvalue weighted by Crippen LogP contribution is 2.00. The van der Waals surface area contributed by atoms with Crippen molar-refractivity contribution in [2.75, 3.05) is 5.88 Å². The molecule has 0 aromatic heterocycles. The fourth-order valence-electron chi connectivity index (χ4n) is 0.751. The Balaban J connectivity index is 3.69. The molecule has 3 nitrogen and oxygen atoms in total. The molecule has 0 aliphatic rings. The van der Waals surface area contributed by atoms with Crippen LogP contribution in [0.4, 0.5) is 0 Å². The Morgan fingerprint density at radius 2 is 2.36 bits per heavy atom. The second-order valence-electron chi connectivity index (χ2n) is 2.59. The van der Waals surface area contributed by atoms with Gasteiger partial charge in [0, 0.05) is 12.5 Å². The van der Waals surface area contributed by atoms with Gasteiger partial charge in [0.05, 0.1) is 6.07 Å². The summed E-state index contributed by atoms with van der Waals surface area (Å²) in [7, 11) is 0. The predicted molar refractivity (Wildman–Crippen MR) is 54.8 cm³/mol. The average molecular weight is 214 g/mol. The topological polar surface area (TPSA) is 50.1 Å². The first kappa shape index (κ1) is 12.7. The number of hydrogen-bond acceptors (Lipinski definition) is 3. The smallest absolute Gasteiger partial charge is 0.321 e. The first-order valence-electron chi connectivity index (χ1n) is 4.17. The van der Waals surface area contributed by atoms with Gasteiger partial charge in [-0.2, -0.15) is 5.26 Å². The van der Waals surface area contributed by atoms with Gasteiger partial charge in [-0.3, -0.25) is 4.79 Å².